The molecule has 1 heterocycles. The molecule has 106 valence electrons. The number of aliphatic carboxylic acids is 1. The van der Waals surface area contributed by atoms with E-state index in [0.717, 1.165) is 6.42 Å². The fraction of sp³-hybridized carbons (Fsp3) is 0.727. The first-order valence-corrected chi connectivity index (χ1v) is 7.13. The second kappa shape index (κ2) is 5.38. The molecule has 0 radical (unpaired) electrons. The molecule has 0 spiro atoms. The van der Waals surface area contributed by atoms with Gasteiger partial charge in [-0.3, -0.25) is 9.36 Å². The number of nitrogens with zero attached hydrogens (tertiary/aromatic N) is 2. The van der Waals surface area contributed by atoms with Gasteiger partial charge >= 0.3 is 11.7 Å². The number of aromatic amines is 1. The van der Waals surface area contributed by atoms with Gasteiger partial charge in [-0.15, -0.1) is 5.10 Å². The highest BCUT2D eigenvalue weighted by Crippen LogP contribution is 2.39. The average Bonchev–Trinajstić information content (AvgIpc) is 2.90. The van der Waals surface area contributed by atoms with Crippen molar-refractivity contribution >= 4 is 17.7 Å². The van der Waals surface area contributed by atoms with Gasteiger partial charge in [-0.05, 0) is 25.8 Å². The van der Waals surface area contributed by atoms with Crippen LogP contribution in [-0.2, 0) is 11.8 Å². The number of hydrogen-bond donors (Lipinski definition) is 3. The van der Waals surface area contributed by atoms with E-state index >= 15 is 0 Å². The van der Waals surface area contributed by atoms with Gasteiger partial charge in [0.2, 0.25) is 0 Å². The smallest absolute Gasteiger partial charge is 0.343 e. The summed E-state index contributed by atoms with van der Waals surface area (Å²) in [7, 11) is 1.65. The lowest BCUT2D eigenvalue weighted by atomic mass is 9.98. The fourth-order valence-corrected chi connectivity index (χ4v) is 3.70. The van der Waals surface area contributed by atoms with Gasteiger partial charge in [-0.25, -0.2) is 9.89 Å². The average molecular weight is 286 g/mol. The molecule has 1 aliphatic rings. The van der Waals surface area contributed by atoms with E-state index in [-0.39, 0.29) is 10.9 Å². The molecule has 1 aromatic heterocycles. The van der Waals surface area contributed by atoms with Crippen LogP contribution in [0.5, 0.6) is 0 Å². The van der Waals surface area contributed by atoms with Crippen LogP contribution in [0.15, 0.2) is 9.95 Å². The minimum absolute atomic E-state index is 0.157. The maximum absolute atomic E-state index is 11.4. The maximum Gasteiger partial charge on any atom is 0.343 e. The second-order valence-electron chi connectivity index (χ2n) is 4.77. The van der Waals surface area contributed by atoms with Gasteiger partial charge in [0.25, 0.3) is 0 Å². The summed E-state index contributed by atoms with van der Waals surface area (Å²) in [6.07, 6.45) is 1.94. The predicted octanol–water partition coefficient (Wildman–Crippen LogP) is 0.186. The number of thioether (sulfide) groups is 1. The summed E-state index contributed by atoms with van der Waals surface area (Å²) in [5, 5.41) is 19.6. The summed E-state index contributed by atoms with van der Waals surface area (Å²) in [4.78, 5) is 22.7. The third kappa shape index (κ3) is 2.69. The second-order valence-corrected chi connectivity index (χ2v) is 6.04. The number of carboxylic acids is 1. The van der Waals surface area contributed by atoms with Crippen molar-refractivity contribution in [1.29, 1.82) is 0 Å². The Morgan fingerprint density at radius 2 is 2.47 bits per heavy atom. The Hall–Kier alpha value is -1.28. The van der Waals surface area contributed by atoms with Gasteiger partial charge in [-0.2, -0.15) is 0 Å². The van der Waals surface area contributed by atoms with Crippen LogP contribution < -0.4 is 11.0 Å². The van der Waals surface area contributed by atoms with Crippen LogP contribution >= 0.6 is 11.8 Å². The highest BCUT2D eigenvalue weighted by Gasteiger charge is 2.45. The Labute approximate surface area is 114 Å². The lowest BCUT2D eigenvalue weighted by molar-refractivity contribution is -0.144. The molecule has 3 N–H and O–H groups in total. The van der Waals surface area contributed by atoms with E-state index in [2.05, 4.69) is 15.5 Å². The molecule has 1 fully saturated rings. The molecule has 1 aliphatic carbocycles. The van der Waals surface area contributed by atoms with Crippen LogP contribution in [0.1, 0.15) is 26.2 Å². The number of carboxylic acid groups (broad SMARTS) is 1. The Morgan fingerprint density at radius 1 is 1.74 bits per heavy atom. The molecule has 8 heteroatoms. The van der Waals surface area contributed by atoms with Gasteiger partial charge in [-0.1, -0.05) is 18.7 Å². The minimum Gasteiger partial charge on any atom is -0.480 e. The fourth-order valence-electron chi connectivity index (χ4n) is 2.46. The van der Waals surface area contributed by atoms with Crippen molar-refractivity contribution in [3.05, 3.63) is 10.5 Å². The molecule has 1 saturated carbocycles. The number of likely N-dealkylation sites (N-methyl/N-ethyl adjacent to an activating group) is 1. The Balaban J connectivity index is 2.07. The third-order valence-electron chi connectivity index (χ3n) is 3.50. The van der Waals surface area contributed by atoms with Gasteiger partial charge in [0, 0.05) is 12.3 Å². The van der Waals surface area contributed by atoms with E-state index in [1.807, 2.05) is 6.92 Å². The van der Waals surface area contributed by atoms with E-state index in [9.17, 15) is 14.7 Å². The Kier molecular flexibility index (Phi) is 4.00. The summed E-state index contributed by atoms with van der Waals surface area (Å²) >= 11 is 1.46. The Morgan fingerprint density at radius 3 is 3.00 bits per heavy atom. The van der Waals surface area contributed by atoms with Crippen molar-refractivity contribution in [2.45, 2.75) is 42.1 Å². The monoisotopic (exact) mass is 286 g/mol. The molecule has 0 amide bonds. The van der Waals surface area contributed by atoms with Crippen molar-refractivity contribution in [2.75, 3.05) is 6.54 Å². The molecule has 0 aliphatic heterocycles. The highest BCUT2D eigenvalue weighted by atomic mass is 32.2. The molecule has 19 heavy (non-hydrogen) atoms. The largest absolute Gasteiger partial charge is 0.480 e. The van der Waals surface area contributed by atoms with Gasteiger partial charge < -0.3 is 10.4 Å². The van der Waals surface area contributed by atoms with Crippen LogP contribution in [0.25, 0.3) is 0 Å². The van der Waals surface area contributed by atoms with Crippen LogP contribution in [0.4, 0.5) is 0 Å². The van der Waals surface area contributed by atoms with E-state index < -0.39 is 11.5 Å². The highest BCUT2D eigenvalue weighted by molar-refractivity contribution is 7.99. The zero-order chi connectivity index (χ0) is 14.0. The summed E-state index contributed by atoms with van der Waals surface area (Å²) in [5.41, 5.74) is -1.08. The summed E-state index contributed by atoms with van der Waals surface area (Å²) in [5.74, 6) is -0.798. The number of carbonyl (C=O) groups is 1. The first-order chi connectivity index (χ1) is 8.98. The van der Waals surface area contributed by atoms with E-state index in [0.29, 0.717) is 24.5 Å². The van der Waals surface area contributed by atoms with E-state index in [1.165, 1.54) is 16.3 Å². The van der Waals surface area contributed by atoms with E-state index in [1.54, 1.807) is 7.05 Å². The predicted molar refractivity (Wildman–Crippen MR) is 71.4 cm³/mol. The van der Waals surface area contributed by atoms with Crippen molar-refractivity contribution in [1.82, 2.24) is 20.1 Å². The molecule has 0 saturated heterocycles. The van der Waals surface area contributed by atoms with Crippen LogP contribution in [-0.4, -0.2) is 43.2 Å². The topological polar surface area (TPSA) is 100 Å². The molecule has 2 unspecified atom stereocenters. The van der Waals surface area contributed by atoms with Crippen molar-refractivity contribution in [3.63, 3.8) is 0 Å². The lowest BCUT2D eigenvalue weighted by Gasteiger charge is -2.25. The Bertz CT molecular complexity index is 526. The number of hydrogen-bond acceptors (Lipinski definition) is 5. The summed E-state index contributed by atoms with van der Waals surface area (Å²) < 4.78 is 1.44. The number of aromatic nitrogens is 3. The molecule has 0 bridgehead atoms. The molecule has 2 atom stereocenters. The molecular formula is C11H18N4O3S. The zero-order valence-corrected chi connectivity index (χ0v) is 11.8. The van der Waals surface area contributed by atoms with Gasteiger partial charge in [0.05, 0.1) is 0 Å². The first kappa shape index (κ1) is 14.1. The standard InChI is InChI=1S/C11H18N4O3S/c1-3-12-11(8(16)17)5-4-7(6-11)19-10-14-13-9(18)15(10)2/h7,12H,3-6H2,1-2H3,(H,13,18)(H,16,17). The molecule has 2 rings (SSSR count). The molecule has 1 aromatic rings. The van der Waals surface area contributed by atoms with E-state index in [4.69, 9.17) is 0 Å². The van der Waals surface area contributed by atoms with Crippen molar-refractivity contribution in [2.24, 2.45) is 7.05 Å². The maximum atomic E-state index is 11.4. The number of H-pyrrole nitrogens is 1. The third-order valence-corrected chi connectivity index (χ3v) is 4.82. The lowest BCUT2D eigenvalue weighted by Crippen LogP contribution is -2.50. The first-order valence-electron chi connectivity index (χ1n) is 6.25. The molecule has 0 aromatic carbocycles. The van der Waals surface area contributed by atoms with Crippen molar-refractivity contribution < 1.29 is 9.90 Å². The van der Waals surface area contributed by atoms with Crippen LogP contribution in [0, 0.1) is 0 Å². The SMILES string of the molecule is CCNC1(C(=O)O)CCC(Sc2n[nH]c(=O)n2C)C1. The number of nitrogens with one attached hydrogen (secondary N) is 2. The van der Waals surface area contributed by atoms with Gasteiger partial charge in [0.1, 0.15) is 5.54 Å². The number of rotatable bonds is 5. The molecular weight excluding hydrogens is 268 g/mol. The van der Waals surface area contributed by atoms with Crippen LogP contribution in [0.3, 0.4) is 0 Å². The summed E-state index contributed by atoms with van der Waals surface area (Å²) in [6.45, 7) is 2.53. The van der Waals surface area contributed by atoms with Gasteiger partial charge in [0.15, 0.2) is 5.16 Å². The quantitative estimate of drug-likeness (QED) is 0.714. The molecule has 7 nitrogen and oxygen atoms in total. The van der Waals surface area contributed by atoms with Crippen molar-refractivity contribution in [3.8, 4) is 0 Å². The minimum atomic E-state index is -0.832. The normalized spacial score (nSPS) is 26.7. The zero-order valence-electron chi connectivity index (χ0n) is 11.0. The van der Waals surface area contributed by atoms with Crippen LogP contribution in [0.2, 0.25) is 0 Å². The summed E-state index contributed by atoms with van der Waals surface area (Å²) in [6, 6.07) is 0.